The number of hydrogen-bond donors (Lipinski definition) is 3. The molecule has 3 aromatic heterocycles. The molecule has 3 aliphatic rings. The number of carbonyl (C=O) groups is 1. The van der Waals surface area contributed by atoms with Gasteiger partial charge >= 0.3 is 0 Å². The number of aliphatic imine (C=N–C) groups is 1. The summed E-state index contributed by atoms with van der Waals surface area (Å²) in [6, 6.07) is 44.3. The second-order valence-electron chi connectivity index (χ2n) is 14.9. The van der Waals surface area contributed by atoms with Crippen LogP contribution < -0.4 is 10.7 Å². The molecule has 3 aromatic carbocycles. The Labute approximate surface area is 314 Å². The lowest BCUT2D eigenvalue weighted by atomic mass is 9.93. The summed E-state index contributed by atoms with van der Waals surface area (Å²) < 4.78 is 0.647. The minimum Gasteiger partial charge on any atom is -0.354 e. The number of ketones is 1. The molecule has 2 aliphatic heterocycles. The summed E-state index contributed by atoms with van der Waals surface area (Å²) in [7, 11) is 6.33. The average molecular weight is 703 g/mol. The number of rotatable bonds is 5. The van der Waals surface area contributed by atoms with Crippen molar-refractivity contribution in [2.24, 2.45) is 4.99 Å². The summed E-state index contributed by atoms with van der Waals surface area (Å²) >= 11 is 0. The van der Waals surface area contributed by atoms with Gasteiger partial charge in [-0.25, -0.2) is 4.99 Å². The Kier molecular flexibility index (Phi) is 8.17. The molecule has 6 aromatic rings. The molecule has 3 N–H and O–H groups in total. The van der Waals surface area contributed by atoms with Crippen molar-refractivity contribution in [3.05, 3.63) is 225 Å². The fourth-order valence-corrected chi connectivity index (χ4v) is 7.68. The van der Waals surface area contributed by atoms with Crippen LogP contribution in [-0.2, 0) is 4.79 Å². The molecule has 54 heavy (non-hydrogen) atoms. The van der Waals surface area contributed by atoms with Gasteiger partial charge in [-0.15, -0.1) is 0 Å². The first-order valence-electron chi connectivity index (χ1n) is 18.3. The van der Waals surface area contributed by atoms with E-state index in [1.54, 1.807) is 6.08 Å². The number of benzene rings is 3. The fourth-order valence-electron chi connectivity index (χ4n) is 7.68. The van der Waals surface area contributed by atoms with E-state index in [0.29, 0.717) is 11.0 Å². The number of nitrogens with one attached hydrogen (secondary N) is 3. The lowest BCUT2D eigenvalue weighted by Crippen LogP contribution is -2.37. The Hall–Kier alpha value is -6.76. The Morgan fingerprint density at radius 2 is 1.00 bits per heavy atom. The Morgan fingerprint density at radius 3 is 1.57 bits per heavy atom. The number of H-pyrrole nitrogens is 3. The number of quaternary nitrogens is 1. The molecule has 0 amide bonds. The van der Waals surface area contributed by atoms with Crippen LogP contribution in [0.4, 0.5) is 0 Å². The third-order valence-corrected chi connectivity index (χ3v) is 10.0. The summed E-state index contributed by atoms with van der Waals surface area (Å²) in [6.45, 7) is 0.617. The molecule has 8 bridgehead atoms. The van der Waals surface area contributed by atoms with Crippen LogP contribution in [0, 0.1) is 0 Å². The number of aromatic amines is 3. The smallest absolute Gasteiger partial charge is 0.187 e. The zero-order valence-electron chi connectivity index (χ0n) is 30.5. The van der Waals surface area contributed by atoms with Gasteiger partial charge in [0.25, 0.3) is 0 Å². The van der Waals surface area contributed by atoms with Crippen molar-refractivity contribution >= 4 is 33.8 Å². The summed E-state index contributed by atoms with van der Waals surface area (Å²) in [5.74, 6) is 0.0478. The predicted octanol–water partition coefficient (Wildman–Crippen LogP) is 7.47. The molecule has 9 rings (SSSR count). The highest BCUT2D eigenvalue weighted by atomic mass is 16.1. The first-order valence-corrected chi connectivity index (χ1v) is 18.3. The largest absolute Gasteiger partial charge is 0.354 e. The maximum atomic E-state index is 13.2. The van der Waals surface area contributed by atoms with Gasteiger partial charge in [0, 0.05) is 55.8 Å². The van der Waals surface area contributed by atoms with E-state index in [1.807, 2.05) is 24.3 Å². The van der Waals surface area contributed by atoms with E-state index in [1.165, 1.54) is 0 Å². The summed E-state index contributed by atoms with van der Waals surface area (Å²) in [4.78, 5) is 30.1. The summed E-state index contributed by atoms with van der Waals surface area (Å²) in [5, 5.41) is 1.96. The molecule has 0 spiro atoms. The van der Waals surface area contributed by atoms with Gasteiger partial charge < -0.3 is 19.4 Å². The number of likely N-dealkylation sites (N-methyl/N-ethyl adjacent to an activating group) is 1. The molecule has 6 nitrogen and oxygen atoms in total. The number of aromatic nitrogens is 3. The molecule has 0 fully saturated rings. The number of hydrogen-bond acceptors (Lipinski definition) is 2. The monoisotopic (exact) mass is 702 g/mol. The molecule has 0 saturated carbocycles. The molecular weight excluding hydrogens is 663 g/mol. The van der Waals surface area contributed by atoms with Gasteiger partial charge in [0.2, 0.25) is 0 Å². The van der Waals surface area contributed by atoms with Gasteiger partial charge in [0.05, 0.1) is 38.1 Å². The molecule has 0 radical (unpaired) electrons. The van der Waals surface area contributed by atoms with E-state index in [-0.39, 0.29) is 5.78 Å². The average Bonchev–Trinajstić information content (AvgIpc) is 4.02. The molecule has 0 saturated heterocycles. The van der Waals surface area contributed by atoms with Gasteiger partial charge in [0.1, 0.15) is 6.54 Å². The summed E-state index contributed by atoms with van der Waals surface area (Å²) in [5.41, 5.74) is 14.6. The van der Waals surface area contributed by atoms with Crippen molar-refractivity contribution in [1.29, 1.82) is 0 Å². The molecule has 5 heterocycles. The highest BCUT2D eigenvalue weighted by Gasteiger charge is 2.25. The van der Waals surface area contributed by atoms with E-state index in [0.717, 1.165) is 95.0 Å². The lowest BCUT2D eigenvalue weighted by Gasteiger charge is -2.25. The van der Waals surface area contributed by atoms with Gasteiger partial charge in [-0.05, 0) is 83.0 Å². The predicted molar refractivity (Wildman–Crippen MR) is 219 cm³/mol. The van der Waals surface area contributed by atoms with Crippen molar-refractivity contribution in [3.8, 4) is 0 Å². The number of carbonyl (C=O) groups excluding carboxylic acids is 1. The fraction of sp³-hybridized carbons (Fsp3) is 0.0833. The maximum absolute atomic E-state index is 13.2. The maximum Gasteiger partial charge on any atom is 0.187 e. The quantitative estimate of drug-likeness (QED) is 0.160. The standard InChI is InChI=1S/C48H39N5O/c1-53(2,3)30-35-29-34(19-28-44(35)54)48-42-26-24-40(51-42)46(32-15-9-5-10-16-32)38-22-20-36(49-38)45(31-13-7-4-8-14-31)37-21-23-39(50-37)47(33-17-11-6-12-18-33)41-25-27-43(48)52-41/h4-29H,30H2,1-3H3,(H2-,49,50,51,52,54)/p+1/b45-36-,45-37?,46-38-,46-40?,47-39-,47-41?,48-42?,48-43?. The van der Waals surface area contributed by atoms with Crippen LogP contribution in [-0.4, -0.2) is 58.6 Å². The minimum atomic E-state index is 0.0478. The highest BCUT2D eigenvalue weighted by molar-refractivity contribution is 6.30. The SMILES string of the molecule is C[N+](C)(C)CC1=C/C(=C2\c3ccc([nH]3)/C(c3ccccc3)=C3/C=CC(=N3)/C(c3ccccc3)=c3/cc/c([nH]3)=C(\c3ccccc3)c3ccc2[nH]3)C=CC1=O. The third-order valence-electron chi connectivity index (χ3n) is 10.0. The molecule has 0 atom stereocenters. The van der Waals surface area contributed by atoms with Gasteiger partial charge in [-0.2, -0.15) is 0 Å². The zero-order chi connectivity index (χ0) is 36.8. The van der Waals surface area contributed by atoms with Gasteiger partial charge in [0.15, 0.2) is 5.78 Å². The number of fused-ring (bicyclic) bond motifs is 7. The Balaban J connectivity index is 1.39. The topological polar surface area (TPSA) is 76.8 Å². The van der Waals surface area contributed by atoms with Crippen molar-refractivity contribution < 1.29 is 9.28 Å². The molecule has 1 aliphatic carbocycles. The second kappa shape index (κ2) is 13.3. The van der Waals surface area contributed by atoms with Crippen LogP contribution in [0.3, 0.4) is 0 Å². The molecule has 262 valence electrons. The first-order chi connectivity index (χ1) is 26.3. The van der Waals surface area contributed by atoms with E-state index in [9.17, 15) is 4.79 Å². The number of allylic oxidation sites excluding steroid dienone is 6. The van der Waals surface area contributed by atoms with Crippen molar-refractivity contribution in [2.45, 2.75) is 0 Å². The van der Waals surface area contributed by atoms with E-state index < -0.39 is 0 Å². The van der Waals surface area contributed by atoms with E-state index >= 15 is 0 Å². The summed E-state index contributed by atoms with van der Waals surface area (Å²) in [6.07, 6.45) is 9.96. The van der Waals surface area contributed by atoms with Crippen LogP contribution in [0.2, 0.25) is 0 Å². The minimum absolute atomic E-state index is 0.0478. The van der Waals surface area contributed by atoms with Crippen molar-refractivity contribution in [2.75, 3.05) is 27.7 Å². The van der Waals surface area contributed by atoms with Crippen LogP contribution >= 0.6 is 0 Å². The van der Waals surface area contributed by atoms with E-state index in [4.69, 9.17) is 4.99 Å². The lowest BCUT2D eigenvalue weighted by molar-refractivity contribution is -0.865. The Bertz CT molecular complexity index is 2750. The second-order valence-corrected chi connectivity index (χ2v) is 14.9. The Morgan fingerprint density at radius 1 is 0.500 bits per heavy atom. The van der Waals surface area contributed by atoms with Crippen LogP contribution in [0.25, 0.3) is 22.3 Å². The highest BCUT2D eigenvalue weighted by Crippen LogP contribution is 2.36. The van der Waals surface area contributed by atoms with Crippen molar-refractivity contribution in [1.82, 2.24) is 15.0 Å². The van der Waals surface area contributed by atoms with E-state index in [2.05, 4.69) is 164 Å². The van der Waals surface area contributed by atoms with Crippen LogP contribution in [0.15, 0.2) is 180 Å². The van der Waals surface area contributed by atoms with Gasteiger partial charge in [-0.1, -0.05) is 97.1 Å². The van der Waals surface area contributed by atoms with Crippen LogP contribution in [0.5, 0.6) is 0 Å². The van der Waals surface area contributed by atoms with Crippen LogP contribution in [0.1, 0.15) is 39.5 Å². The van der Waals surface area contributed by atoms with Crippen molar-refractivity contribution in [3.63, 3.8) is 0 Å². The molecule has 6 heteroatoms. The third kappa shape index (κ3) is 6.23. The molecular formula is C48H40N5O+. The zero-order valence-corrected chi connectivity index (χ0v) is 30.5. The van der Waals surface area contributed by atoms with Gasteiger partial charge in [-0.3, -0.25) is 4.79 Å². The first kappa shape index (κ1) is 33.1. The normalized spacial score (nSPS) is 20.3. The number of nitrogens with zero attached hydrogens (tertiary/aromatic N) is 2. The molecule has 0 unspecified atom stereocenters.